The predicted octanol–water partition coefficient (Wildman–Crippen LogP) is 3.19. The smallest absolute Gasteiger partial charge is 0.340 e. The lowest BCUT2D eigenvalue weighted by atomic mass is 10.1. The highest BCUT2D eigenvalue weighted by atomic mass is 35.5. The molecule has 0 saturated heterocycles. The molecule has 0 spiro atoms. The average molecular weight is 515 g/mol. The van der Waals surface area contributed by atoms with E-state index in [1.165, 1.54) is 56.0 Å². The molecular weight excluding hydrogens is 488 g/mol. The third-order valence-electron chi connectivity index (χ3n) is 4.79. The summed E-state index contributed by atoms with van der Waals surface area (Å²) < 4.78 is 47.9. The van der Waals surface area contributed by atoms with Crippen LogP contribution in [-0.4, -0.2) is 65.6 Å². The number of carbonyl (C=O) groups is 2. The summed E-state index contributed by atoms with van der Waals surface area (Å²) in [5.74, 6) is -0.853. The lowest BCUT2D eigenvalue weighted by Crippen LogP contribution is -2.31. The fourth-order valence-corrected chi connectivity index (χ4v) is 4.95. The van der Waals surface area contributed by atoms with Gasteiger partial charge >= 0.3 is 5.97 Å². The number of methoxy groups -OCH3 is 3. The second kappa shape index (κ2) is 11.9. The first-order valence-electron chi connectivity index (χ1n) is 10.2. The number of nitrogens with one attached hydrogen (secondary N) is 1. The van der Waals surface area contributed by atoms with E-state index in [-0.39, 0.29) is 51.5 Å². The van der Waals surface area contributed by atoms with Crippen LogP contribution in [0.2, 0.25) is 5.02 Å². The van der Waals surface area contributed by atoms with Crippen molar-refractivity contribution in [3.63, 3.8) is 0 Å². The molecule has 0 atom stereocenters. The largest absolute Gasteiger partial charge is 0.493 e. The molecule has 0 aliphatic heterocycles. The van der Waals surface area contributed by atoms with Crippen LogP contribution in [0.5, 0.6) is 17.2 Å². The van der Waals surface area contributed by atoms with Gasteiger partial charge in [0.15, 0.2) is 18.1 Å². The van der Waals surface area contributed by atoms with Crippen molar-refractivity contribution in [1.29, 1.82) is 0 Å². The highest BCUT2D eigenvalue weighted by Gasteiger charge is 2.27. The number of halogens is 1. The first kappa shape index (κ1) is 27.2. The van der Waals surface area contributed by atoms with Gasteiger partial charge in [-0.05, 0) is 18.2 Å². The van der Waals surface area contributed by atoms with Gasteiger partial charge in [0.1, 0.15) is 10.6 Å². The molecule has 2 rings (SSSR count). The molecule has 0 saturated carbocycles. The van der Waals surface area contributed by atoms with Crippen LogP contribution in [0, 0.1) is 0 Å². The summed E-state index contributed by atoms with van der Waals surface area (Å²) in [7, 11) is 0.111. The molecule has 2 aromatic rings. The summed E-state index contributed by atoms with van der Waals surface area (Å²) in [4.78, 5) is 24.7. The third kappa shape index (κ3) is 6.10. The monoisotopic (exact) mass is 514 g/mol. The summed E-state index contributed by atoms with van der Waals surface area (Å²) in [6, 6.07) is 6.88. The number of sulfonamides is 1. The van der Waals surface area contributed by atoms with Gasteiger partial charge in [-0.1, -0.05) is 25.4 Å². The lowest BCUT2D eigenvalue weighted by Gasteiger charge is -2.20. The van der Waals surface area contributed by atoms with Crippen molar-refractivity contribution >= 4 is 39.2 Å². The fourth-order valence-electron chi connectivity index (χ4n) is 3.10. The Morgan fingerprint density at radius 3 is 2.15 bits per heavy atom. The normalized spacial score (nSPS) is 11.1. The Morgan fingerprint density at radius 1 is 0.971 bits per heavy atom. The van der Waals surface area contributed by atoms with E-state index in [4.69, 9.17) is 30.5 Å². The quantitative estimate of drug-likeness (QED) is 0.454. The molecular formula is C22H27ClN2O8S. The number of benzene rings is 2. The molecule has 0 aliphatic rings. The predicted molar refractivity (Wildman–Crippen MR) is 127 cm³/mol. The van der Waals surface area contributed by atoms with Crippen molar-refractivity contribution in [1.82, 2.24) is 4.31 Å². The fraction of sp³-hybridized carbons (Fsp3) is 0.364. The number of amides is 1. The topological polar surface area (TPSA) is 120 Å². The molecule has 34 heavy (non-hydrogen) atoms. The Hall–Kier alpha value is -3.02. The van der Waals surface area contributed by atoms with Crippen LogP contribution < -0.4 is 19.5 Å². The Kier molecular flexibility index (Phi) is 9.54. The molecule has 12 heteroatoms. The van der Waals surface area contributed by atoms with E-state index >= 15 is 0 Å². The van der Waals surface area contributed by atoms with Crippen molar-refractivity contribution in [2.45, 2.75) is 18.7 Å². The van der Waals surface area contributed by atoms with Gasteiger partial charge in [-0.3, -0.25) is 4.79 Å². The van der Waals surface area contributed by atoms with Gasteiger partial charge in [-0.2, -0.15) is 4.31 Å². The first-order chi connectivity index (χ1) is 16.1. The molecule has 1 amide bonds. The molecule has 2 aromatic carbocycles. The van der Waals surface area contributed by atoms with Crippen molar-refractivity contribution < 1.29 is 37.0 Å². The molecule has 0 fully saturated rings. The summed E-state index contributed by atoms with van der Waals surface area (Å²) in [6.07, 6.45) is 0. The van der Waals surface area contributed by atoms with Crippen LogP contribution in [0.25, 0.3) is 0 Å². The molecule has 10 nitrogen and oxygen atoms in total. The molecule has 0 heterocycles. The number of hydrogen-bond acceptors (Lipinski definition) is 8. The van der Waals surface area contributed by atoms with Crippen LogP contribution in [0.15, 0.2) is 35.2 Å². The zero-order valence-corrected chi connectivity index (χ0v) is 21.1. The number of carbonyl (C=O) groups excluding carboxylic acids is 2. The van der Waals surface area contributed by atoms with E-state index in [2.05, 4.69) is 5.32 Å². The minimum atomic E-state index is -3.90. The molecule has 0 aromatic heterocycles. The highest BCUT2D eigenvalue weighted by Crippen LogP contribution is 2.34. The molecule has 1 N–H and O–H groups in total. The maximum absolute atomic E-state index is 13.0. The number of esters is 1. The highest BCUT2D eigenvalue weighted by molar-refractivity contribution is 7.89. The zero-order chi connectivity index (χ0) is 25.5. The molecule has 0 radical (unpaired) electrons. The van der Waals surface area contributed by atoms with Gasteiger partial charge in [-0.15, -0.1) is 0 Å². The Labute approximate surface area is 203 Å². The summed E-state index contributed by atoms with van der Waals surface area (Å²) >= 11 is 6.01. The summed E-state index contributed by atoms with van der Waals surface area (Å²) in [5.41, 5.74) is 0.134. The Balaban J connectivity index is 2.31. The van der Waals surface area contributed by atoms with E-state index in [0.717, 1.165) is 0 Å². The van der Waals surface area contributed by atoms with Crippen molar-refractivity contribution in [3.05, 3.63) is 40.9 Å². The van der Waals surface area contributed by atoms with E-state index in [1.54, 1.807) is 13.8 Å². The van der Waals surface area contributed by atoms with Crippen LogP contribution in [0.1, 0.15) is 24.2 Å². The first-order valence-corrected chi connectivity index (χ1v) is 12.0. The number of ether oxygens (including phenoxy) is 4. The Morgan fingerprint density at radius 2 is 1.59 bits per heavy atom. The van der Waals surface area contributed by atoms with Gasteiger partial charge in [0.05, 0.1) is 32.6 Å². The summed E-state index contributed by atoms with van der Waals surface area (Å²) in [5, 5.41) is 2.75. The van der Waals surface area contributed by atoms with Gasteiger partial charge < -0.3 is 24.3 Å². The number of rotatable bonds is 11. The number of nitrogens with zero attached hydrogens (tertiary/aromatic N) is 1. The summed E-state index contributed by atoms with van der Waals surface area (Å²) in [6.45, 7) is 3.38. The maximum atomic E-state index is 13.0. The minimum absolute atomic E-state index is 0.0322. The van der Waals surface area contributed by atoms with Crippen molar-refractivity contribution in [2.75, 3.05) is 46.3 Å². The van der Waals surface area contributed by atoms with Crippen LogP contribution >= 0.6 is 11.6 Å². The average Bonchev–Trinajstić information content (AvgIpc) is 2.82. The van der Waals surface area contributed by atoms with Gasteiger partial charge in [0.25, 0.3) is 5.91 Å². The Bertz CT molecular complexity index is 1150. The van der Waals surface area contributed by atoms with Gasteiger partial charge in [-0.25, -0.2) is 13.2 Å². The van der Waals surface area contributed by atoms with Crippen LogP contribution in [-0.2, 0) is 19.6 Å². The number of anilines is 1. The maximum Gasteiger partial charge on any atom is 0.340 e. The molecule has 186 valence electrons. The van der Waals surface area contributed by atoms with E-state index in [9.17, 15) is 18.0 Å². The standard InChI is InChI=1S/C22H27ClN2O8S/c1-6-25(7-2)34(28,29)20-10-14(23)8-9-17(20)33-13-21(26)24-16-12-19(31-4)18(30-3)11-15(16)22(27)32-5/h8-12H,6-7,13H2,1-5H3,(H,24,26). The molecule has 0 bridgehead atoms. The van der Waals surface area contributed by atoms with E-state index < -0.39 is 28.5 Å². The molecule has 0 aliphatic carbocycles. The van der Waals surface area contributed by atoms with Gasteiger partial charge in [0.2, 0.25) is 10.0 Å². The van der Waals surface area contributed by atoms with Gasteiger partial charge in [0, 0.05) is 30.2 Å². The van der Waals surface area contributed by atoms with E-state index in [0.29, 0.717) is 0 Å². The lowest BCUT2D eigenvalue weighted by molar-refractivity contribution is -0.118. The van der Waals surface area contributed by atoms with E-state index in [1.807, 2.05) is 0 Å². The molecule has 0 unspecified atom stereocenters. The SMILES string of the molecule is CCN(CC)S(=O)(=O)c1cc(Cl)ccc1OCC(=O)Nc1cc(OC)c(OC)cc1C(=O)OC. The minimum Gasteiger partial charge on any atom is -0.493 e. The third-order valence-corrected chi connectivity index (χ3v) is 7.10. The second-order valence-corrected chi connectivity index (χ2v) is 9.10. The number of hydrogen-bond donors (Lipinski definition) is 1. The van der Waals surface area contributed by atoms with Crippen molar-refractivity contribution in [2.24, 2.45) is 0 Å². The van der Waals surface area contributed by atoms with Crippen molar-refractivity contribution in [3.8, 4) is 17.2 Å². The van der Waals surface area contributed by atoms with Crippen LogP contribution in [0.3, 0.4) is 0 Å². The van der Waals surface area contributed by atoms with Crippen LogP contribution in [0.4, 0.5) is 5.69 Å². The second-order valence-electron chi connectivity index (χ2n) is 6.76. The zero-order valence-electron chi connectivity index (χ0n) is 19.5.